The van der Waals surface area contributed by atoms with Gasteiger partial charge in [-0.1, -0.05) is 32.9 Å². The number of carbonyl (C=O) groups excluding carboxylic acids is 1. The van der Waals surface area contributed by atoms with Crippen molar-refractivity contribution in [2.75, 3.05) is 11.9 Å². The third kappa shape index (κ3) is 5.06. The zero-order valence-corrected chi connectivity index (χ0v) is 19.1. The predicted molar refractivity (Wildman–Crippen MR) is 128 cm³/mol. The molecule has 32 heavy (non-hydrogen) atoms. The van der Waals surface area contributed by atoms with E-state index in [0.29, 0.717) is 17.3 Å². The summed E-state index contributed by atoms with van der Waals surface area (Å²) in [5.41, 5.74) is 2.09. The lowest BCUT2D eigenvalue weighted by molar-refractivity contribution is -0.118. The van der Waals surface area contributed by atoms with Gasteiger partial charge in [0.25, 0.3) is 5.91 Å². The van der Waals surface area contributed by atoms with Gasteiger partial charge in [-0.15, -0.1) is 11.3 Å². The van der Waals surface area contributed by atoms with E-state index < -0.39 is 0 Å². The number of rotatable bonds is 8. The molecular formula is C25H25N3O3S. The van der Waals surface area contributed by atoms with Gasteiger partial charge in [0.2, 0.25) is 5.88 Å². The van der Waals surface area contributed by atoms with Gasteiger partial charge in [0.1, 0.15) is 22.7 Å². The number of thiophene rings is 1. The van der Waals surface area contributed by atoms with Crippen LogP contribution in [0.3, 0.4) is 0 Å². The van der Waals surface area contributed by atoms with E-state index in [1.807, 2.05) is 35.7 Å². The van der Waals surface area contributed by atoms with E-state index in [4.69, 9.17) is 9.47 Å². The van der Waals surface area contributed by atoms with Crippen LogP contribution in [-0.4, -0.2) is 22.5 Å². The fourth-order valence-electron chi connectivity index (χ4n) is 3.13. The highest BCUT2D eigenvalue weighted by Crippen LogP contribution is 2.30. The highest BCUT2D eigenvalue weighted by Gasteiger charge is 2.17. The van der Waals surface area contributed by atoms with E-state index in [0.717, 1.165) is 22.4 Å². The topological polar surface area (TPSA) is 73.3 Å². The minimum absolute atomic E-state index is 0.138. The standard InChI is InChI=1S/C25H25N3O3S/c1-4-25(2,3)17-5-9-19(10-6-17)31-20-11-7-18(8-12-20)28-22(29)15-30-23-21-13-14-32-24(21)27-16-26-23/h5-14,16H,4,15H2,1-3H3,(H,28,29). The van der Waals surface area contributed by atoms with Gasteiger partial charge in [0, 0.05) is 5.69 Å². The first kappa shape index (κ1) is 21.8. The van der Waals surface area contributed by atoms with Crippen molar-refractivity contribution in [3.05, 3.63) is 71.9 Å². The van der Waals surface area contributed by atoms with Crippen molar-refractivity contribution in [1.29, 1.82) is 0 Å². The molecule has 164 valence electrons. The average Bonchev–Trinajstić information content (AvgIpc) is 3.29. The molecule has 0 bridgehead atoms. The number of nitrogens with one attached hydrogen (secondary N) is 1. The molecule has 0 fully saturated rings. The molecule has 0 aliphatic carbocycles. The Balaban J connectivity index is 1.31. The Hall–Kier alpha value is -3.45. The van der Waals surface area contributed by atoms with E-state index in [-0.39, 0.29) is 17.9 Å². The van der Waals surface area contributed by atoms with Crippen molar-refractivity contribution in [3.63, 3.8) is 0 Å². The number of amides is 1. The SMILES string of the molecule is CCC(C)(C)c1ccc(Oc2ccc(NC(=O)COc3ncnc4sccc34)cc2)cc1. The normalized spacial score (nSPS) is 11.3. The number of anilines is 1. The Morgan fingerprint density at radius 2 is 1.69 bits per heavy atom. The fraction of sp³-hybridized carbons (Fsp3) is 0.240. The lowest BCUT2D eigenvalue weighted by Crippen LogP contribution is -2.20. The Bertz CT molecular complexity index is 1200. The van der Waals surface area contributed by atoms with Crippen LogP contribution in [0, 0.1) is 0 Å². The third-order valence-corrected chi connectivity index (χ3v) is 6.28. The number of hydrogen-bond donors (Lipinski definition) is 1. The summed E-state index contributed by atoms with van der Waals surface area (Å²) in [6.07, 6.45) is 2.51. The van der Waals surface area contributed by atoms with E-state index in [1.165, 1.54) is 23.2 Å². The molecule has 4 rings (SSSR count). The summed E-state index contributed by atoms with van der Waals surface area (Å²) in [5.74, 6) is 1.61. The van der Waals surface area contributed by atoms with Crippen molar-refractivity contribution in [3.8, 4) is 17.4 Å². The molecule has 0 saturated carbocycles. The van der Waals surface area contributed by atoms with Gasteiger partial charge in [0.05, 0.1) is 5.39 Å². The number of nitrogens with zero attached hydrogens (tertiary/aromatic N) is 2. The van der Waals surface area contributed by atoms with Crippen molar-refractivity contribution in [2.45, 2.75) is 32.6 Å². The number of benzene rings is 2. The summed E-state index contributed by atoms with van der Waals surface area (Å²) >= 11 is 1.50. The Morgan fingerprint density at radius 3 is 2.38 bits per heavy atom. The molecule has 0 unspecified atom stereocenters. The molecule has 0 aliphatic heterocycles. The second kappa shape index (κ2) is 9.36. The molecule has 6 nitrogen and oxygen atoms in total. The van der Waals surface area contributed by atoms with Crippen LogP contribution >= 0.6 is 11.3 Å². The van der Waals surface area contributed by atoms with Crippen LogP contribution in [0.2, 0.25) is 0 Å². The van der Waals surface area contributed by atoms with Crippen LogP contribution in [0.5, 0.6) is 17.4 Å². The molecule has 2 heterocycles. The first-order valence-electron chi connectivity index (χ1n) is 10.4. The molecule has 7 heteroatoms. The third-order valence-electron chi connectivity index (χ3n) is 5.46. The van der Waals surface area contributed by atoms with Crippen molar-refractivity contribution in [1.82, 2.24) is 9.97 Å². The molecule has 2 aromatic carbocycles. The molecule has 1 N–H and O–H groups in total. The lowest BCUT2D eigenvalue weighted by atomic mass is 9.82. The van der Waals surface area contributed by atoms with Crippen LogP contribution < -0.4 is 14.8 Å². The number of hydrogen-bond acceptors (Lipinski definition) is 6. The van der Waals surface area contributed by atoms with Crippen LogP contribution in [0.4, 0.5) is 5.69 Å². The van der Waals surface area contributed by atoms with Gasteiger partial charge in [-0.05, 0) is 65.2 Å². The number of aromatic nitrogens is 2. The highest BCUT2D eigenvalue weighted by atomic mass is 32.1. The van der Waals surface area contributed by atoms with E-state index >= 15 is 0 Å². The first-order chi connectivity index (χ1) is 15.4. The molecule has 4 aromatic rings. The zero-order valence-electron chi connectivity index (χ0n) is 18.3. The minimum atomic E-state index is -0.269. The summed E-state index contributed by atoms with van der Waals surface area (Å²) in [5, 5.41) is 5.53. The maximum absolute atomic E-state index is 12.3. The number of fused-ring (bicyclic) bond motifs is 1. The minimum Gasteiger partial charge on any atom is -0.467 e. The van der Waals surface area contributed by atoms with Crippen molar-refractivity contribution >= 4 is 33.1 Å². The van der Waals surface area contributed by atoms with E-state index in [2.05, 4.69) is 48.2 Å². The van der Waals surface area contributed by atoms with E-state index in [1.54, 1.807) is 12.1 Å². The fourth-order valence-corrected chi connectivity index (χ4v) is 3.86. The van der Waals surface area contributed by atoms with Gasteiger partial charge >= 0.3 is 0 Å². The van der Waals surface area contributed by atoms with Gasteiger partial charge in [-0.25, -0.2) is 9.97 Å². The molecular weight excluding hydrogens is 422 g/mol. The average molecular weight is 448 g/mol. The highest BCUT2D eigenvalue weighted by molar-refractivity contribution is 7.16. The Labute approximate surface area is 191 Å². The molecule has 0 spiro atoms. The smallest absolute Gasteiger partial charge is 0.262 e. The van der Waals surface area contributed by atoms with Crippen LogP contribution in [0.1, 0.15) is 32.8 Å². The van der Waals surface area contributed by atoms with Gasteiger partial charge < -0.3 is 14.8 Å². The second-order valence-electron chi connectivity index (χ2n) is 8.04. The quantitative estimate of drug-likeness (QED) is 0.349. The molecule has 0 aliphatic rings. The van der Waals surface area contributed by atoms with Gasteiger partial charge in [-0.3, -0.25) is 4.79 Å². The zero-order chi connectivity index (χ0) is 22.6. The molecule has 1 amide bonds. The monoisotopic (exact) mass is 447 g/mol. The van der Waals surface area contributed by atoms with Crippen molar-refractivity contribution in [2.24, 2.45) is 0 Å². The van der Waals surface area contributed by atoms with Crippen LogP contribution in [0.15, 0.2) is 66.3 Å². The maximum Gasteiger partial charge on any atom is 0.262 e. The second-order valence-corrected chi connectivity index (χ2v) is 8.94. The van der Waals surface area contributed by atoms with Crippen LogP contribution in [0.25, 0.3) is 10.2 Å². The molecule has 2 aromatic heterocycles. The van der Waals surface area contributed by atoms with Crippen molar-refractivity contribution < 1.29 is 14.3 Å². The number of carbonyl (C=O) groups is 1. The Kier molecular flexibility index (Phi) is 6.37. The molecule has 0 atom stereocenters. The van der Waals surface area contributed by atoms with Gasteiger partial charge in [0.15, 0.2) is 6.61 Å². The van der Waals surface area contributed by atoms with Gasteiger partial charge in [-0.2, -0.15) is 0 Å². The lowest BCUT2D eigenvalue weighted by Gasteiger charge is -2.23. The maximum atomic E-state index is 12.3. The summed E-state index contributed by atoms with van der Waals surface area (Å²) in [6.45, 7) is 6.52. The first-order valence-corrected chi connectivity index (χ1v) is 11.3. The largest absolute Gasteiger partial charge is 0.467 e. The molecule has 0 radical (unpaired) electrons. The summed E-state index contributed by atoms with van der Waals surface area (Å²) in [6, 6.07) is 17.3. The Morgan fingerprint density at radius 1 is 1.00 bits per heavy atom. The summed E-state index contributed by atoms with van der Waals surface area (Å²) < 4.78 is 11.5. The summed E-state index contributed by atoms with van der Waals surface area (Å²) in [4.78, 5) is 21.4. The van der Waals surface area contributed by atoms with Crippen LogP contribution in [-0.2, 0) is 10.2 Å². The molecule has 0 saturated heterocycles. The summed E-state index contributed by atoms with van der Waals surface area (Å²) in [7, 11) is 0. The number of ether oxygens (including phenoxy) is 2. The predicted octanol–water partition coefficient (Wildman–Crippen LogP) is 6.19. The van der Waals surface area contributed by atoms with E-state index in [9.17, 15) is 4.79 Å².